The predicted molar refractivity (Wildman–Crippen MR) is 66.1 cm³/mol. The van der Waals surface area contributed by atoms with Gasteiger partial charge in [0.2, 0.25) is 0 Å². The molecule has 5 nitrogen and oxygen atoms in total. The van der Waals surface area contributed by atoms with Gasteiger partial charge in [0.25, 0.3) is 5.69 Å². The highest BCUT2D eigenvalue weighted by atomic mass is 79.9. The van der Waals surface area contributed by atoms with Crippen molar-refractivity contribution in [3.8, 4) is 5.75 Å². The number of nitro groups is 1. The van der Waals surface area contributed by atoms with Crippen molar-refractivity contribution < 1.29 is 9.66 Å². The number of nitrogens with zero attached hydrogens (tertiary/aromatic N) is 1. The van der Waals surface area contributed by atoms with Crippen molar-refractivity contribution in [3.05, 3.63) is 26.7 Å². The van der Waals surface area contributed by atoms with Gasteiger partial charge in [-0.15, -0.1) is 0 Å². The summed E-state index contributed by atoms with van der Waals surface area (Å²) >= 11 is 3.22. The molecule has 0 bridgehead atoms. The van der Waals surface area contributed by atoms with Crippen LogP contribution in [0.2, 0.25) is 0 Å². The highest BCUT2D eigenvalue weighted by molar-refractivity contribution is 9.10. The third-order valence-corrected chi connectivity index (χ3v) is 2.53. The number of rotatable bonds is 4. The molecule has 0 aliphatic carbocycles. The van der Waals surface area contributed by atoms with E-state index in [1.807, 2.05) is 13.8 Å². The maximum absolute atomic E-state index is 10.9. The zero-order valence-electron chi connectivity index (χ0n) is 9.28. The molecule has 0 heterocycles. The quantitative estimate of drug-likeness (QED) is 0.683. The Morgan fingerprint density at radius 3 is 2.56 bits per heavy atom. The van der Waals surface area contributed by atoms with Crippen LogP contribution < -0.4 is 10.1 Å². The highest BCUT2D eigenvalue weighted by Gasteiger charge is 2.18. The molecule has 0 aliphatic rings. The fourth-order valence-electron chi connectivity index (χ4n) is 1.28. The lowest BCUT2D eigenvalue weighted by molar-refractivity contribution is -0.384. The largest absolute Gasteiger partial charge is 0.495 e. The van der Waals surface area contributed by atoms with Gasteiger partial charge in [-0.3, -0.25) is 10.1 Å². The van der Waals surface area contributed by atoms with E-state index in [9.17, 15) is 10.1 Å². The number of nitrogens with one attached hydrogen (secondary N) is 1. The Hall–Kier alpha value is -1.30. The number of benzene rings is 1. The van der Waals surface area contributed by atoms with Crippen LogP contribution in [0.5, 0.6) is 5.75 Å². The van der Waals surface area contributed by atoms with Crippen LogP contribution in [-0.2, 0) is 0 Å². The first kappa shape index (κ1) is 12.8. The Morgan fingerprint density at radius 1 is 1.50 bits per heavy atom. The highest BCUT2D eigenvalue weighted by Crippen LogP contribution is 2.36. The van der Waals surface area contributed by atoms with Gasteiger partial charge in [0.05, 0.1) is 16.5 Å². The van der Waals surface area contributed by atoms with Crippen LogP contribution in [0.1, 0.15) is 13.8 Å². The monoisotopic (exact) mass is 288 g/mol. The first-order valence-electron chi connectivity index (χ1n) is 4.74. The zero-order valence-corrected chi connectivity index (χ0v) is 10.9. The fraction of sp³-hybridized carbons (Fsp3) is 0.400. The molecular formula is C10H13BrN2O3. The predicted octanol–water partition coefficient (Wildman–Crippen LogP) is 3.19. The molecule has 0 unspecified atom stereocenters. The summed E-state index contributed by atoms with van der Waals surface area (Å²) < 4.78 is 5.66. The third kappa shape index (κ3) is 2.85. The van der Waals surface area contributed by atoms with Crippen LogP contribution in [0.3, 0.4) is 0 Å². The van der Waals surface area contributed by atoms with Crippen molar-refractivity contribution in [3.63, 3.8) is 0 Å². The van der Waals surface area contributed by atoms with E-state index < -0.39 is 4.92 Å². The number of hydrogen-bond donors (Lipinski definition) is 1. The second-order valence-electron chi connectivity index (χ2n) is 3.56. The molecule has 0 fully saturated rings. The number of anilines is 1. The van der Waals surface area contributed by atoms with E-state index in [0.717, 1.165) is 0 Å². The number of halogens is 1. The van der Waals surface area contributed by atoms with Crippen LogP contribution in [-0.4, -0.2) is 18.1 Å². The maximum Gasteiger partial charge on any atom is 0.293 e. The summed E-state index contributed by atoms with van der Waals surface area (Å²) in [5.74, 6) is 0.564. The molecule has 88 valence electrons. The Balaban J connectivity index is 3.25. The Labute approximate surface area is 102 Å². The first-order chi connectivity index (χ1) is 7.45. The van der Waals surface area contributed by atoms with Crippen molar-refractivity contribution in [2.75, 3.05) is 12.4 Å². The molecule has 0 spiro atoms. The summed E-state index contributed by atoms with van der Waals surface area (Å²) in [6.45, 7) is 3.83. The van der Waals surface area contributed by atoms with Gasteiger partial charge < -0.3 is 10.1 Å². The van der Waals surface area contributed by atoms with E-state index in [4.69, 9.17) is 4.74 Å². The summed E-state index contributed by atoms with van der Waals surface area (Å²) in [5.41, 5.74) is 0.487. The summed E-state index contributed by atoms with van der Waals surface area (Å²) in [7, 11) is 1.52. The molecule has 1 aromatic rings. The molecule has 16 heavy (non-hydrogen) atoms. The summed E-state index contributed by atoms with van der Waals surface area (Å²) in [4.78, 5) is 10.4. The first-order valence-corrected chi connectivity index (χ1v) is 5.53. The Morgan fingerprint density at radius 2 is 2.12 bits per heavy atom. The van der Waals surface area contributed by atoms with Crippen molar-refractivity contribution >= 4 is 27.3 Å². The molecular weight excluding hydrogens is 276 g/mol. The standard InChI is InChI=1S/C10H13BrN2O3/c1-6(2)12-8-5-10(16-3)7(11)4-9(8)13(14)15/h4-6,12H,1-3H3. The normalized spacial score (nSPS) is 10.3. The maximum atomic E-state index is 10.9. The lowest BCUT2D eigenvalue weighted by Gasteiger charge is -2.12. The third-order valence-electron chi connectivity index (χ3n) is 1.91. The number of ether oxygens (including phenoxy) is 1. The van der Waals surface area contributed by atoms with Crippen LogP contribution in [0.25, 0.3) is 0 Å². The summed E-state index contributed by atoms with van der Waals surface area (Å²) in [6, 6.07) is 3.16. The van der Waals surface area contributed by atoms with Gasteiger partial charge in [-0.2, -0.15) is 0 Å². The van der Waals surface area contributed by atoms with E-state index >= 15 is 0 Å². The Bertz CT molecular complexity index is 407. The molecule has 1 aromatic carbocycles. The average Bonchev–Trinajstić information content (AvgIpc) is 2.19. The zero-order chi connectivity index (χ0) is 12.3. The van der Waals surface area contributed by atoms with Gasteiger partial charge in [0, 0.05) is 18.2 Å². The summed E-state index contributed by atoms with van der Waals surface area (Å²) in [5, 5.41) is 13.9. The molecule has 0 saturated carbocycles. The van der Waals surface area contributed by atoms with E-state index in [-0.39, 0.29) is 11.7 Å². The molecule has 6 heteroatoms. The molecule has 0 saturated heterocycles. The van der Waals surface area contributed by atoms with Crippen LogP contribution in [0.4, 0.5) is 11.4 Å². The molecule has 1 rings (SSSR count). The van der Waals surface area contributed by atoms with Crippen molar-refractivity contribution in [2.45, 2.75) is 19.9 Å². The second-order valence-corrected chi connectivity index (χ2v) is 4.41. The van der Waals surface area contributed by atoms with E-state index in [1.54, 1.807) is 6.07 Å². The lowest BCUT2D eigenvalue weighted by atomic mass is 10.2. The minimum Gasteiger partial charge on any atom is -0.495 e. The topological polar surface area (TPSA) is 64.4 Å². The van der Waals surface area contributed by atoms with Crippen molar-refractivity contribution in [2.24, 2.45) is 0 Å². The van der Waals surface area contributed by atoms with Gasteiger partial charge >= 0.3 is 0 Å². The van der Waals surface area contributed by atoms with Gasteiger partial charge in [-0.1, -0.05) is 0 Å². The smallest absolute Gasteiger partial charge is 0.293 e. The number of nitro benzene ring substituents is 1. The minimum atomic E-state index is -0.422. The van der Waals surface area contributed by atoms with Crippen LogP contribution in [0.15, 0.2) is 16.6 Å². The second kappa shape index (κ2) is 5.16. The average molecular weight is 289 g/mol. The summed E-state index contributed by atoms with van der Waals surface area (Å²) in [6.07, 6.45) is 0. The molecule has 1 N–H and O–H groups in total. The minimum absolute atomic E-state index is 0.0291. The molecule has 0 aromatic heterocycles. The van der Waals surface area contributed by atoms with Crippen LogP contribution >= 0.6 is 15.9 Å². The van der Waals surface area contributed by atoms with E-state index in [2.05, 4.69) is 21.2 Å². The van der Waals surface area contributed by atoms with Gasteiger partial charge in [-0.25, -0.2) is 0 Å². The van der Waals surface area contributed by atoms with Crippen LogP contribution in [0, 0.1) is 10.1 Å². The number of hydrogen-bond acceptors (Lipinski definition) is 4. The van der Waals surface area contributed by atoms with E-state index in [1.165, 1.54) is 13.2 Å². The van der Waals surface area contributed by atoms with Gasteiger partial charge in [0.1, 0.15) is 11.4 Å². The molecule has 0 aliphatic heterocycles. The van der Waals surface area contributed by atoms with Gasteiger partial charge in [-0.05, 0) is 29.8 Å². The lowest BCUT2D eigenvalue weighted by Crippen LogP contribution is -2.11. The Kier molecular flexibility index (Phi) is 4.12. The van der Waals surface area contributed by atoms with Gasteiger partial charge in [0.15, 0.2) is 0 Å². The molecule has 0 atom stereocenters. The van der Waals surface area contributed by atoms with Crippen molar-refractivity contribution in [1.82, 2.24) is 0 Å². The van der Waals surface area contributed by atoms with Crippen molar-refractivity contribution in [1.29, 1.82) is 0 Å². The van der Waals surface area contributed by atoms with E-state index in [0.29, 0.717) is 15.9 Å². The number of methoxy groups -OCH3 is 1. The molecule has 0 amide bonds. The fourth-order valence-corrected chi connectivity index (χ4v) is 1.77. The SMILES string of the molecule is COc1cc(NC(C)C)c([N+](=O)[O-])cc1Br. The molecule has 0 radical (unpaired) electrons.